The Hall–Kier alpha value is -0.610. The first-order chi connectivity index (χ1) is 7.30. The molecule has 0 bridgehead atoms. The van der Waals surface area contributed by atoms with Crippen LogP contribution in [0.15, 0.2) is 0 Å². The molecule has 0 spiro atoms. The molecule has 0 aromatic heterocycles. The second-order valence-electron chi connectivity index (χ2n) is 5.51. The Labute approximate surface area is 98.0 Å². The quantitative estimate of drug-likeness (QED) is 0.741. The van der Waals surface area contributed by atoms with Crippen molar-refractivity contribution >= 4 is 5.91 Å². The minimum Gasteiger partial charge on any atom is -0.381 e. The fourth-order valence-electron chi connectivity index (χ4n) is 1.95. The number of hydrogen-bond acceptors (Lipinski definition) is 3. The number of aliphatic hydroxyl groups is 1. The molecule has 4 nitrogen and oxygen atoms in total. The van der Waals surface area contributed by atoms with E-state index >= 15 is 0 Å². The van der Waals surface area contributed by atoms with Crippen LogP contribution in [0, 0.1) is 5.92 Å². The van der Waals surface area contributed by atoms with Gasteiger partial charge < -0.3 is 15.3 Å². The third-order valence-corrected chi connectivity index (χ3v) is 3.15. The van der Waals surface area contributed by atoms with Crippen molar-refractivity contribution < 1.29 is 9.90 Å². The molecule has 1 rings (SSSR count). The highest BCUT2D eigenvalue weighted by Crippen LogP contribution is 2.17. The highest BCUT2D eigenvalue weighted by atomic mass is 16.3. The van der Waals surface area contributed by atoms with Crippen LogP contribution in [0.25, 0.3) is 0 Å². The van der Waals surface area contributed by atoms with Crippen molar-refractivity contribution in [1.29, 1.82) is 0 Å². The molecule has 4 heteroatoms. The van der Waals surface area contributed by atoms with Crippen LogP contribution in [0.3, 0.4) is 0 Å². The Bertz CT molecular complexity index is 246. The molecule has 1 saturated heterocycles. The van der Waals surface area contributed by atoms with E-state index in [9.17, 15) is 9.90 Å². The van der Waals surface area contributed by atoms with Crippen LogP contribution >= 0.6 is 0 Å². The third-order valence-electron chi connectivity index (χ3n) is 3.15. The average molecular weight is 228 g/mol. The van der Waals surface area contributed by atoms with E-state index in [1.807, 2.05) is 0 Å². The Morgan fingerprint density at radius 2 is 2.19 bits per heavy atom. The molecule has 1 atom stereocenters. The van der Waals surface area contributed by atoms with E-state index in [0.29, 0.717) is 18.5 Å². The summed E-state index contributed by atoms with van der Waals surface area (Å²) < 4.78 is 0. The topological polar surface area (TPSA) is 52.6 Å². The molecule has 2 N–H and O–H groups in total. The lowest BCUT2D eigenvalue weighted by Crippen LogP contribution is -2.44. The predicted octanol–water partition coefficient (Wildman–Crippen LogP) is 0.604. The van der Waals surface area contributed by atoms with Crippen LogP contribution in [0.5, 0.6) is 0 Å². The summed E-state index contributed by atoms with van der Waals surface area (Å²) in [5.74, 6) is 0.240. The molecule has 0 radical (unpaired) electrons. The van der Waals surface area contributed by atoms with Crippen LogP contribution < -0.4 is 5.32 Å². The smallest absolute Gasteiger partial charge is 0.251 e. The summed E-state index contributed by atoms with van der Waals surface area (Å²) in [6, 6.07) is 0.579. The maximum absolute atomic E-state index is 11.5. The molecule has 1 fully saturated rings. The van der Waals surface area contributed by atoms with Crippen LogP contribution in [-0.4, -0.2) is 47.2 Å². The summed E-state index contributed by atoms with van der Waals surface area (Å²) in [6.45, 7) is 10.2. The Kier molecular flexibility index (Phi) is 4.33. The van der Waals surface area contributed by atoms with Crippen LogP contribution in [0.1, 0.15) is 34.1 Å². The van der Waals surface area contributed by atoms with Gasteiger partial charge in [0.15, 0.2) is 0 Å². The lowest BCUT2D eigenvalue weighted by Gasteiger charge is -2.21. The largest absolute Gasteiger partial charge is 0.381 e. The molecule has 0 saturated carbocycles. The third kappa shape index (κ3) is 3.76. The summed E-state index contributed by atoms with van der Waals surface area (Å²) in [6.07, 6.45) is 1.13. The van der Waals surface area contributed by atoms with Gasteiger partial charge in [-0.05, 0) is 46.6 Å². The molecule has 94 valence electrons. The number of likely N-dealkylation sites (tertiary alicyclic amines) is 1. The zero-order chi connectivity index (χ0) is 12.3. The summed E-state index contributed by atoms with van der Waals surface area (Å²) in [7, 11) is 0. The molecule has 16 heavy (non-hydrogen) atoms. The molecule has 1 amide bonds. The van der Waals surface area contributed by atoms with Crippen molar-refractivity contribution in [3.8, 4) is 0 Å². The molecular weight excluding hydrogens is 204 g/mol. The van der Waals surface area contributed by atoms with Crippen molar-refractivity contribution in [3.63, 3.8) is 0 Å². The molecule has 1 heterocycles. The van der Waals surface area contributed by atoms with Gasteiger partial charge in [0.1, 0.15) is 5.60 Å². The fraction of sp³-hybridized carbons (Fsp3) is 0.917. The van der Waals surface area contributed by atoms with Gasteiger partial charge in [0.2, 0.25) is 0 Å². The van der Waals surface area contributed by atoms with Crippen LogP contribution in [0.4, 0.5) is 0 Å². The number of rotatable bonds is 4. The predicted molar refractivity (Wildman–Crippen MR) is 64.1 cm³/mol. The molecule has 1 unspecified atom stereocenters. The van der Waals surface area contributed by atoms with Gasteiger partial charge in [0, 0.05) is 19.1 Å². The lowest BCUT2D eigenvalue weighted by molar-refractivity contribution is -0.136. The van der Waals surface area contributed by atoms with E-state index in [1.165, 1.54) is 13.8 Å². The maximum Gasteiger partial charge on any atom is 0.251 e. The average Bonchev–Trinajstić information content (AvgIpc) is 2.60. The second-order valence-corrected chi connectivity index (χ2v) is 5.51. The minimum absolute atomic E-state index is 0.282. The number of amides is 1. The Balaban J connectivity index is 2.28. The summed E-state index contributed by atoms with van der Waals surface area (Å²) >= 11 is 0. The Morgan fingerprint density at radius 1 is 1.56 bits per heavy atom. The normalized spacial score (nSPS) is 22.8. The van der Waals surface area contributed by atoms with Gasteiger partial charge in [-0.25, -0.2) is 0 Å². The summed E-state index contributed by atoms with van der Waals surface area (Å²) in [5.41, 5.74) is -1.27. The second kappa shape index (κ2) is 5.15. The zero-order valence-electron chi connectivity index (χ0n) is 10.8. The van der Waals surface area contributed by atoms with E-state index in [4.69, 9.17) is 0 Å². The highest BCUT2D eigenvalue weighted by molar-refractivity contribution is 5.83. The summed E-state index contributed by atoms with van der Waals surface area (Å²) in [5, 5.41) is 12.3. The lowest BCUT2D eigenvalue weighted by atomic mass is 10.1. The van der Waals surface area contributed by atoms with E-state index in [1.54, 1.807) is 0 Å². The molecule has 0 aromatic carbocycles. The van der Waals surface area contributed by atoms with Crippen LogP contribution in [-0.2, 0) is 4.79 Å². The van der Waals surface area contributed by atoms with Crippen molar-refractivity contribution in [2.24, 2.45) is 5.92 Å². The Morgan fingerprint density at radius 3 is 2.62 bits per heavy atom. The van der Waals surface area contributed by atoms with Gasteiger partial charge in [-0.1, -0.05) is 0 Å². The van der Waals surface area contributed by atoms with Gasteiger partial charge >= 0.3 is 0 Å². The highest BCUT2D eigenvalue weighted by Gasteiger charge is 2.27. The van der Waals surface area contributed by atoms with Gasteiger partial charge in [0.25, 0.3) is 5.91 Å². The van der Waals surface area contributed by atoms with E-state index in [-0.39, 0.29) is 5.91 Å². The van der Waals surface area contributed by atoms with Crippen molar-refractivity contribution in [3.05, 3.63) is 0 Å². The standard InChI is InChI=1S/C12H24N2O2/c1-9(2)14-6-5-10(8-14)7-13-11(15)12(3,4)16/h9-10,16H,5-8H2,1-4H3,(H,13,15). The summed E-state index contributed by atoms with van der Waals surface area (Å²) in [4.78, 5) is 13.9. The van der Waals surface area contributed by atoms with E-state index < -0.39 is 5.60 Å². The van der Waals surface area contributed by atoms with Crippen molar-refractivity contribution in [2.45, 2.75) is 45.8 Å². The van der Waals surface area contributed by atoms with Crippen molar-refractivity contribution in [1.82, 2.24) is 10.2 Å². The van der Waals surface area contributed by atoms with Crippen LogP contribution in [0.2, 0.25) is 0 Å². The van der Waals surface area contributed by atoms with Crippen molar-refractivity contribution in [2.75, 3.05) is 19.6 Å². The number of carbonyl (C=O) groups excluding carboxylic acids is 1. The number of carbonyl (C=O) groups is 1. The molecule has 1 aliphatic rings. The molecule has 1 aliphatic heterocycles. The van der Waals surface area contributed by atoms with Gasteiger partial charge in [-0.2, -0.15) is 0 Å². The SMILES string of the molecule is CC(C)N1CCC(CNC(=O)C(C)(C)O)C1. The van der Waals surface area contributed by atoms with Gasteiger partial charge in [0.05, 0.1) is 0 Å². The fourth-order valence-corrected chi connectivity index (χ4v) is 1.95. The molecular formula is C12H24N2O2. The number of nitrogens with one attached hydrogen (secondary N) is 1. The first-order valence-electron chi connectivity index (χ1n) is 6.05. The minimum atomic E-state index is -1.27. The van der Waals surface area contributed by atoms with E-state index in [0.717, 1.165) is 19.5 Å². The monoisotopic (exact) mass is 228 g/mol. The van der Waals surface area contributed by atoms with Gasteiger partial charge in [-0.15, -0.1) is 0 Å². The first-order valence-corrected chi connectivity index (χ1v) is 6.05. The zero-order valence-corrected chi connectivity index (χ0v) is 10.8. The van der Waals surface area contributed by atoms with Gasteiger partial charge in [-0.3, -0.25) is 4.79 Å². The number of hydrogen-bond donors (Lipinski definition) is 2. The van der Waals surface area contributed by atoms with E-state index in [2.05, 4.69) is 24.1 Å². The molecule has 0 aliphatic carbocycles. The number of nitrogens with zero attached hydrogens (tertiary/aromatic N) is 1. The maximum atomic E-state index is 11.5. The first kappa shape index (κ1) is 13.5. The molecule has 0 aromatic rings.